The van der Waals surface area contributed by atoms with Gasteiger partial charge in [0.1, 0.15) is 24.1 Å². The molecule has 27 heavy (non-hydrogen) atoms. The molecule has 0 bridgehead atoms. The van der Waals surface area contributed by atoms with Gasteiger partial charge in [0.2, 0.25) is 6.29 Å². The van der Waals surface area contributed by atoms with E-state index in [1.54, 1.807) is 6.07 Å². The predicted octanol–water partition coefficient (Wildman–Crippen LogP) is 2.62. The molecule has 2 heterocycles. The molecule has 7 heteroatoms. The first-order valence-electron chi connectivity index (χ1n) is 8.99. The van der Waals surface area contributed by atoms with Crippen LogP contribution in [0.3, 0.4) is 0 Å². The summed E-state index contributed by atoms with van der Waals surface area (Å²) in [5.74, 6) is 0.980. The molecule has 5 unspecified atom stereocenters. The van der Waals surface area contributed by atoms with Gasteiger partial charge in [0, 0.05) is 6.42 Å². The summed E-state index contributed by atoms with van der Waals surface area (Å²) in [5, 5.41) is 31.0. The van der Waals surface area contributed by atoms with Crippen LogP contribution < -0.4 is 4.74 Å². The number of hydrogen-bond acceptors (Lipinski definition) is 6. The lowest BCUT2D eigenvalue weighted by Crippen LogP contribution is -2.58. The van der Waals surface area contributed by atoms with Crippen LogP contribution in [0.2, 0.25) is 0 Å². The second-order valence-corrected chi connectivity index (χ2v) is 8.05. The maximum absolute atomic E-state index is 13.9. The van der Waals surface area contributed by atoms with Crippen molar-refractivity contribution in [1.29, 1.82) is 0 Å². The Hall–Kier alpha value is -1.51. The number of ether oxygens (including phenoxy) is 2. The molecule has 0 saturated carbocycles. The molecule has 5 atom stereocenters. The zero-order valence-electron chi connectivity index (χ0n) is 15.3. The second-order valence-electron chi connectivity index (χ2n) is 7.05. The average Bonchev–Trinajstić information content (AvgIpc) is 3.09. The number of halogens is 1. The van der Waals surface area contributed by atoms with Gasteiger partial charge in [-0.15, -0.1) is 11.3 Å². The van der Waals surface area contributed by atoms with Crippen LogP contribution in [0.5, 0.6) is 5.75 Å². The Kier molecular flexibility index (Phi) is 6.49. The van der Waals surface area contributed by atoms with Gasteiger partial charge in [0.05, 0.1) is 11.5 Å². The van der Waals surface area contributed by atoms with Crippen LogP contribution in [0.15, 0.2) is 35.7 Å². The molecule has 1 saturated heterocycles. The van der Waals surface area contributed by atoms with Crippen molar-refractivity contribution in [2.75, 3.05) is 6.61 Å². The Labute approximate surface area is 162 Å². The summed E-state index contributed by atoms with van der Waals surface area (Å²) >= 11 is 1.50. The topological polar surface area (TPSA) is 79.2 Å². The zero-order chi connectivity index (χ0) is 19.6. The minimum absolute atomic E-state index is 0.467. The SMILES string of the molecule is CC(C)c1ccc(Cc2sccc2OC2OC(CO)C(F)C(O)C2O)cc1. The van der Waals surface area contributed by atoms with Crippen molar-refractivity contribution in [1.82, 2.24) is 0 Å². The zero-order valence-corrected chi connectivity index (χ0v) is 16.1. The van der Waals surface area contributed by atoms with Crippen molar-refractivity contribution >= 4 is 11.3 Å². The smallest absolute Gasteiger partial charge is 0.229 e. The summed E-state index contributed by atoms with van der Waals surface area (Å²) in [6.45, 7) is 3.68. The molecule has 3 rings (SSSR count). The fourth-order valence-corrected chi connectivity index (χ4v) is 3.87. The van der Waals surface area contributed by atoms with Gasteiger partial charge in [-0.3, -0.25) is 0 Å². The standard InChI is InChI=1S/C20H25FO5S/c1-11(2)13-5-3-12(4-6-13)9-16-14(7-8-27-16)25-20-19(24)18(23)17(21)15(10-22)26-20/h3-8,11,15,17-20,22-24H,9-10H2,1-2H3. The van der Waals surface area contributed by atoms with E-state index in [9.17, 15) is 19.7 Å². The summed E-state index contributed by atoms with van der Waals surface area (Å²) in [6.07, 6.45) is -6.93. The van der Waals surface area contributed by atoms with Crippen LogP contribution in [0.25, 0.3) is 0 Å². The first-order valence-corrected chi connectivity index (χ1v) is 9.87. The Morgan fingerprint density at radius 3 is 2.48 bits per heavy atom. The third-order valence-electron chi connectivity index (χ3n) is 4.76. The molecule has 2 aromatic rings. The van der Waals surface area contributed by atoms with E-state index in [2.05, 4.69) is 38.1 Å². The van der Waals surface area contributed by atoms with Gasteiger partial charge in [0.25, 0.3) is 0 Å². The minimum Gasteiger partial charge on any atom is -0.461 e. The van der Waals surface area contributed by atoms with Crippen molar-refractivity contribution in [2.45, 2.75) is 57.0 Å². The fraction of sp³-hybridized carbons (Fsp3) is 0.500. The number of alkyl halides is 1. The van der Waals surface area contributed by atoms with E-state index in [-0.39, 0.29) is 0 Å². The van der Waals surface area contributed by atoms with Gasteiger partial charge in [0.15, 0.2) is 6.17 Å². The molecule has 1 aromatic carbocycles. The third-order valence-corrected chi connectivity index (χ3v) is 5.66. The lowest BCUT2D eigenvalue weighted by molar-refractivity contribution is -0.265. The molecular formula is C20H25FO5S. The normalized spacial score (nSPS) is 28.5. The molecular weight excluding hydrogens is 371 g/mol. The highest BCUT2D eigenvalue weighted by Crippen LogP contribution is 2.32. The Morgan fingerprint density at radius 1 is 1.15 bits per heavy atom. The van der Waals surface area contributed by atoms with Crippen LogP contribution >= 0.6 is 11.3 Å². The highest BCUT2D eigenvalue weighted by Gasteiger charge is 2.46. The largest absolute Gasteiger partial charge is 0.461 e. The van der Waals surface area contributed by atoms with Gasteiger partial charge >= 0.3 is 0 Å². The molecule has 0 amide bonds. The Balaban J connectivity index is 1.71. The summed E-state index contributed by atoms with van der Waals surface area (Å²) in [5.41, 5.74) is 2.39. The molecule has 0 radical (unpaired) electrons. The van der Waals surface area contributed by atoms with E-state index in [1.165, 1.54) is 16.9 Å². The minimum atomic E-state index is -1.87. The fourth-order valence-electron chi connectivity index (χ4n) is 3.03. The highest BCUT2D eigenvalue weighted by atomic mass is 32.1. The van der Waals surface area contributed by atoms with Crippen LogP contribution in [-0.2, 0) is 11.2 Å². The quantitative estimate of drug-likeness (QED) is 0.700. The van der Waals surface area contributed by atoms with Gasteiger partial charge in [-0.2, -0.15) is 0 Å². The Bertz CT molecular complexity index is 730. The summed E-state index contributed by atoms with van der Waals surface area (Å²) < 4.78 is 24.9. The molecule has 1 aliphatic heterocycles. The average molecular weight is 396 g/mol. The van der Waals surface area contributed by atoms with Crippen molar-refractivity contribution in [3.05, 3.63) is 51.7 Å². The molecule has 1 aliphatic rings. The van der Waals surface area contributed by atoms with Crippen LogP contribution in [0.1, 0.15) is 35.8 Å². The molecule has 0 spiro atoms. The van der Waals surface area contributed by atoms with Crippen molar-refractivity contribution < 1.29 is 29.2 Å². The maximum atomic E-state index is 13.9. The lowest BCUT2D eigenvalue weighted by Gasteiger charge is -2.38. The first-order chi connectivity index (χ1) is 12.9. The van der Waals surface area contributed by atoms with E-state index in [0.717, 1.165) is 10.4 Å². The lowest BCUT2D eigenvalue weighted by atomic mass is 10.0. The molecule has 148 valence electrons. The van der Waals surface area contributed by atoms with E-state index in [0.29, 0.717) is 18.1 Å². The van der Waals surface area contributed by atoms with E-state index < -0.39 is 37.4 Å². The predicted molar refractivity (Wildman–Crippen MR) is 101 cm³/mol. The van der Waals surface area contributed by atoms with E-state index >= 15 is 0 Å². The Morgan fingerprint density at radius 2 is 1.85 bits per heavy atom. The van der Waals surface area contributed by atoms with Crippen molar-refractivity contribution in [3.63, 3.8) is 0 Å². The van der Waals surface area contributed by atoms with E-state index in [1.807, 2.05) is 5.38 Å². The monoisotopic (exact) mass is 396 g/mol. The number of aliphatic hydroxyl groups excluding tert-OH is 3. The summed E-state index contributed by atoms with van der Waals surface area (Å²) in [4.78, 5) is 0.931. The third kappa shape index (κ3) is 4.50. The van der Waals surface area contributed by atoms with Crippen molar-refractivity contribution in [3.8, 4) is 5.75 Å². The molecule has 1 aromatic heterocycles. The summed E-state index contributed by atoms with van der Waals surface area (Å²) in [6, 6.07) is 10.1. The van der Waals surface area contributed by atoms with Gasteiger partial charge in [-0.1, -0.05) is 38.1 Å². The van der Waals surface area contributed by atoms with Gasteiger partial charge < -0.3 is 24.8 Å². The number of rotatable bonds is 6. The second kappa shape index (κ2) is 8.67. The molecule has 3 N–H and O–H groups in total. The van der Waals surface area contributed by atoms with Crippen LogP contribution in [0.4, 0.5) is 4.39 Å². The van der Waals surface area contributed by atoms with Gasteiger partial charge in [-0.05, 0) is 28.5 Å². The number of benzene rings is 1. The molecule has 1 fully saturated rings. The first kappa shape index (κ1) is 20.2. The maximum Gasteiger partial charge on any atom is 0.229 e. The summed E-state index contributed by atoms with van der Waals surface area (Å²) in [7, 11) is 0. The molecule has 5 nitrogen and oxygen atoms in total. The van der Waals surface area contributed by atoms with Crippen LogP contribution in [0, 0.1) is 0 Å². The molecule has 0 aliphatic carbocycles. The highest BCUT2D eigenvalue weighted by molar-refractivity contribution is 7.10. The van der Waals surface area contributed by atoms with E-state index in [4.69, 9.17) is 9.47 Å². The number of hydrogen-bond donors (Lipinski definition) is 3. The van der Waals surface area contributed by atoms with Crippen LogP contribution in [-0.4, -0.2) is 52.7 Å². The van der Waals surface area contributed by atoms with Crippen molar-refractivity contribution in [2.24, 2.45) is 0 Å². The van der Waals surface area contributed by atoms with Gasteiger partial charge in [-0.25, -0.2) is 4.39 Å². The number of thiophene rings is 1. The number of aliphatic hydroxyl groups is 3.